The number of aliphatic carboxylic acids is 1. The molecule has 0 aliphatic carbocycles. The summed E-state index contributed by atoms with van der Waals surface area (Å²) in [6.45, 7) is -0.458. The van der Waals surface area contributed by atoms with Gasteiger partial charge in [0.2, 0.25) is 0 Å². The Balaban J connectivity index is 0.00000144. The standard InChI is InChI=1S/C8H7ClO3.K/c9-6-2-1-3-7(4-6)12-5-8(10)11;/h1-4H,5H2,(H,10,11);/q;+1/p-1. The minimum Gasteiger partial charge on any atom is -0.546 e. The van der Waals surface area contributed by atoms with Crippen molar-refractivity contribution in [2.75, 3.05) is 6.61 Å². The van der Waals surface area contributed by atoms with Crippen LogP contribution in [-0.2, 0) is 4.79 Å². The van der Waals surface area contributed by atoms with Gasteiger partial charge in [-0.05, 0) is 18.2 Å². The van der Waals surface area contributed by atoms with Crippen LogP contribution in [0, 0.1) is 0 Å². The van der Waals surface area contributed by atoms with Gasteiger partial charge in [0.1, 0.15) is 12.4 Å². The summed E-state index contributed by atoms with van der Waals surface area (Å²) in [5.74, 6) is -0.832. The van der Waals surface area contributed by atoms with Crippen LogP contribution in [0.2, 0.25) is 5.02 Å². The van der Waals surface area contributed by atoms with Crippen molar-refractivity contribution in [2.45, 2.75) is 0 Å². The molecule has 5 heteroatoms. The van der Waals surface area contributed by atoms with E-state index < -0.39 is 12.6 Å². The SMILES string of the molecule is O=C([O-])COc1cccc(Cl)c1.[K+]. The van der Waals surface area contributed by atoms with Gasteiger partial charge in [-0.1, -0.05) is 17.7 Å². The monoisotopic (exact) mass is 224 g/mol. The average molecular weight is 225 g/mol. The van der Waals surface area contributed by atoms with E-state index in [4.69, 9.17) is 16.3 Å². The quantitative estimate of drug-likeness (QED) is 0.533. The van der Waals surface area contributed by atoms with Gasteiger partial charge in [0.15, 0.2) is 0 Å². The molecule has 0 aromatic heterocycles. The molecule has 0 amide bonds. The summed E-state index contributed by atoms with van der Waals surface area (Å²) in [5, 5.41) is 10.5. The number of carbonyl (C=O) groups excluding carboxylic acids is 1. The summed E-state index contributed by atoms with van der Waals surface area (Å²) in [7, 11) is 0. The van der Waals surface area contributed by atoms with Gasteiger partial charge >= 0.3 is 51.4 Å². The topological polar surface area (TPSA) is 49.4 Å². The number of benzene rings is 1. The molecule has 0 aliphatic rings. The molecule has 3 nitrogen and oxygen atoms in total. The van der Waals surface area contributed by atoms with Crippen LogP contribution in [0.15, 0.2) is 24.3 Å². The number of hydrogen-bond donors (Lipinski definition) is 0. The minimum atomic E-state index is -1.25. The third-order valence-corrected chi connectivity index (χ3v) is 1.39. The van der Waals surface area contributed by atoms with E-state index >= 15 is 0 Å². The normalized spacial score (nSPS) is 8.69. The van der Waals surface area contributed by atoms with E-state index in [2.05, 4.69) is 0 Å². The maximum Gasteiger partial charge on any atom is 1.00 e. The van der Waals surface area contributed by atoms with Gasteiger partial charge in [-0.25, -0.2) is 0 Å². The number of carboxylic acids is 1. The molecule has 0 saturated heterocycles. The molecule has 1 rings (SSSR count). The molecule has 0 bridgehead atoms. The molecule has 64 valence electrons. The van der Waals surface area contributed by atoms with Crippen LogP contribution >= 0.6 is 11.6 Å². The Hall–Kier alpha value is 0.416. The van der Waals surface area contributed by atoms with Crippen LogP contribution in [0.25, 0.3) is 0 Å². The molecule has 0 aliphatic heterocycles. The summed E-state index contributed by atoms with van der Waals surface area (Å²) >= 11 is 5.62. The molecule has 0 N–H and O–H groups in total. The Kier molecular flexibility index (Phi) is 7.03. The molecule has 0 heterocycles. The molecule has 13 heavy (non-hydrogen) atoms. The summed E-state index contributed by atoms with van der Waals surface area (Å²) in [4.78, 5) is 9.99. The predicted molar refractivity (Wildman–Crippen MR) is 42.0 cm³/mol. The third-order valence-electron chi connectivity index (χ3n) is 1.15. The van der Waals surface area contributed by atoms with Crippen molar-refractivity contribution in [2.24, 2.45) is 0 Å². The van der Waals surface area contributed by atoms with Crippen molar-refractivity contribution in [1.29, 1.82) is 0 Å². The molecule has 1 aromatic rings. The number of carboxylic acid groups (broad SMARTS) is 1. The summed E-state index contributed by atoms with van der Waals surface area (Å²) < 4.78 is 4.80. The Labute approximate surface area is 123 Å². The number of halogens is 1. The molecule has 0 saturated carbocycles. The Morgan fingerprint density at radius 3 is 2.77 bits per heavy atom. The molecule has 0 unspecified atom stereocenters. The van der Waals surface area contributed by atoms with E-state index in [-0.39, 0.29) is 51.4 Å². The molecule has 0 fully saturated rings. The first-order chi connectivity index (χ1) is 5.68. The van der Waals surface area contributed by atoms with Crippen molar-refractivity contribution >= 4 is 17.6 Å². The maximum atomic E-state index is 9.99. The van der Waals surface area contributed by atoms with Gasteiger partial charge in [0.05, 0.1) is 5.97 Å². The Morgan fingerprint density at radius 2 is 2.23 bits per heavy atom. The van der Waals surface area contributed by atoms with Crippen molar-refractivity contribution in [1.82, 2.24) is 0 Å². The fraction of sp³-hybridized carbons (Fsp3) is 0.125. The van der Waals surface area contributed by atoms with Crippen LogP contribution < -0.4 is 61.2 Å². The molecule has 0 spiro atoms. The van der Waals surface area contributed by atoms with E-state index in [9.17, 15) is 9.90 Å². The Morgan fingerprint density at radius 1 is 1.54 bits per heavy atom. The van der Waals surface area contributed by atoms with Crippen molar-refractivity contribution < 1.29 is 66.0 Å². The van der Waals surface area contributed by atoms with Crippen LogP contribution in [0.5, 0.6) is 5.75 Å². The largest absolute Gasteiger partial charge is 1.00 e. The van der Waals surface area contributed by atoms with Gasteiger partial charge < -0.3 is 14.6 Å². The van der Waals surface area contributed by atoms with Crippen molar-refractivity contribution in [3.05, 3.63) is 29.3 Å². The number of hydrogen-bond acceptors (Lipinski definition) is 3. The maximum absolute atomic E-state index is 9.99. The molecule has 0 atom stereocenters. The smallest absolute Gasteiger partial charge is 0.546 e. The van der Waals surface area contributed by atoms with Gasteiger partial charge in [-0.2, -0.15) is 0 Å². The number of rotatable bonds is 3. The zero-order valence-electron chi connectivity index (χ0n) is 7.12. The van der Waals surface area contributed by atoms with Gasteiger partial charge in [-0.15, -0.1) is 0 Å². The second kappa shape index (κ2) is 6.81. The first-order valence-corrected chi connectivity index (χ1v) is 3.64. The minimum absolute atomic E-state index is 0. The fourth-order valence-electron chi connectivity index (χ4n) is 0.699. The number of ether oxygens (including phenoxy) is 1. The van der Waals surface area contributed by atoms with E-state index in [1.807, 2.05) is 0 Å². The van der Waals surface area contributed by atoms with Gasteiger partial charge in [0.25, 0.3) is 0 Å². The molecule has 1 aromatic carbocycles. The molecular formula is C8H6ClKO3. The van der Waals surface area contributed by atoms with Gasteiger partial charge in [0, 0.05) is 5.02 Å². The zero-order chi connectivity index (χ0) is 8.97. The van der Waals surface area contributed by atoms with E-state index in [1.54, 1.807) is 18.2 Å². The molecule has 0 radical (unpaired) electrons. The van der Waals surface area contributed by atoms with Crippen molar-refractivity contribution in [3.63, 3.8) is 0 Å². The molecular weight excluding hydrogens is 219 g/mol. The number of carbonyl (C=O) groups is 1. The Bertz CT molecular complexity index is 290. The first kappa shape index (κ1) is 13.4. The van der Waals surface area contributed by atoms with E-state index in [1.165, 1.54) is 6.07 Å². The summed E-state index contributed by atoms with van der Waals surface area (Å²) in [6, 6.07) is 6.50. The van der Waals surface area contributed by atoms with Crippen molar-refractivity contribution in [3.8, 4) is 5.75 Å². The second-order valence-corrected chi connectivity index (χ2v) is 2.55. The van der Waals surface area contributed by atoms with Crippen LogP contribution in [0.1, 0.15) is 0 Å². The summed E-state index contributed by atoms with van der Waals surface area (Å²) in [5.41, 5.74) is 0. The van der Waals surface area contributed by atoms with Crippen LogP contribution in [-0.4, -0.2) is 12.6 Å². The zero-order valence-corrected chi connectivity index (χ0v) is 11.0. The summed E-state index contributed by atoms with van der Waals surface area (Å²) in [6.07, 6.45) is 0. The predicted octanol–water partition coefficient (Wildman–Crippen LogP) is -2.53. The van der Waals surface area contributed by atoms with Gasteiger partial charge in [-0.3, -0.25) is 0 Å². The average Bonchev–Trinajstić information content (AvgIpc) is 2.01. The first-order valence-electron chi connectivity index (χ1n) is 3.26. The van der Waals surface area contributed by atoms with E-state index in [0.29, 0.717) is 10.8 Å². The third kappa shape index (κ3) is 5.67. The van der Waals surface area contributed by atoms with Crippen LogP contribution in [0.4, 0.5) is 0 Å². The second-order valence-electron chi connectivity index (χ2n) is 2.12. The van der Waals surface area contributed by atoms with E-state index in [0.717, 1.165) is 0 Å². The fourth-order valence-corrected chi connectivity index (χ4v) is 0.879. The van der Waals surface area contributed by atoms with Crippen LogP contribution in [0.3, 0.4) is 0 Å².